The van der Waals surface area contributed by atoms with E-state index in [9.17, 15) is 9.59 Å². The largest absolute Gasteiger partial charge is 0.324 e. The van der Waals surface area contributed by atoms with Crippen molar-refractivity contribution in [3.05, 3.63) is 89.5 Å². The molecule has 0 atom stereocenters. The topological polar surface area (TPSA) is 105 Å². The van der Waals surface area contributed by atoms with Crippen molar-refractivity contribution >= 4 is 34.4 Å². The van der Waals surface area contributed by atoms with Crippen LogP contribution < -0.4 is 16.2 Å². The summed E-state index contributed by atoms with van der Waals surface area (Å²) < 4.78 is 1.46. The maximum absolute atomic E-state index is 12.7. The molecule has 33 heavy (non-hydrogen) atoms. The lowest BCUT2D eigenvalue weighted by atomic mass is 10.2. The van der Waals surface area contributed by atoms with E-state index in [1.165, 1.54) is 16.8 Å². The highest BCUT2D eigenvalue weighted by Gasteiger charge is 2.11. The summed E-state index contributed by atoms with van der Waals surface area (Å²) in [6.07, 6.45) is 6.08. The number of nitrogens with zero attached hydrogens (tertiary/aromatic N) is 5. The van der Waals surface area contributed by atoms with Gasteiger partial charge in [-0.2, -0.15) is 4.98 Å². The van der Waals surface area contributed by atoms with E-state index < -0.39 is 0 Å². The summed E-state index contributed by atoms with van der Waals surface area (Å²) in [5.74, 6) is 0.128. The van der Waals surface area contributed by atoms with Gasteiger partial charge in [0.1, 0.15) is 5.52 Å². The molecule has 0 bridgehead atoms. The first-order valence-corrected chi connectivity index (χ1v) is 10.3. The SMILES string of the molecule is CN(C)CC=CC(=O)Nc1ccc(-n2c(=O)cnc3cnc(Nc4ccccc4)nc32)cc1. The molecule has 0 aliphatic heterocycles. The van der Waals surface area contributed by atoms with E-state index in [-0.39, 0.29) is 11.5 Å². The minimum absolute atomic E-state index is 0.222. The summed E-state index contributed by atoms with van der Waals surface area (Å²) in [6.45, 7) is 0.674. The second-order valence-corrected chi connectivity index (χ2v) is 7.53. The van der Waals surface area contributed by atoms with Crippen molar-refractivity contribution in [3.63, 3.8) is 0 Å². The average Bonchev–Trinajstić information content (AvgIpc) is 2.80. The van der Waals surface area contributed by atoms with Crippen LogP contribution in [0.3, 0.4) is 0 Å². The van der Waals surface area contributed by atoms with Gasteiger partial charge in [-0.3, -0.25) is 14.2 Å². The summed E-state index contributed by atoms with van der Waals surface area (Å²) in [5, 5.41) is 5.93. The van der Waals surface area contributed by atoms with E-state index in [4.69, 9.17) is 0 Å². The third-order valence-corrected chi connectivity index (χ3v) is 4.66. The third kappa shape index (κ3) is 5.46. The van der Waals surface area contributed by atoms with Crippen LogP contribution in [0.15, 0.2) is 83.9 Å². The van der Waals surface area contributed by atoms with Gasteiger partial charge in [0.05, 0.1) is 18.1 Å². The Bertz CT molecular complexity index is 1350. The highest BCUT2D eigenvalue weighted by molar-refractivity contribution is 5.99. The van der Waals surface area contributed by atoms with Gasteiger partial charge < -0.3 is 15.5 Å². The first kappa shape index (κ1) is 21.8. The summed E-state index contributed by atoms with van der Waals surface area (Å²) in [7, 11) is 3.86. The normalized spacial score (nSPS) is 11.2. The van der Waals surface area contributed by atoms with E-state index >= 15 is 0 Å². The molecule has 0 unspecified atom stereocenters. The standard InChI is InChI=1S/C24H23N7O2/c1-30(2)14-6-9-21(32)27-18-10-12-19(13-11-18)31-22(33)16-25-20-15-26-24(29-23(20)31)28-17-7-4-3-5-8-17/h3-13,15-16H,14H2,1-2H3,(H,27,32)(H,26,28,29). The van der Waals surface area contributed by atoms with Crippen LogP contribution in [0, 0.1) is 0 Å². The Labute approximate surface area is 190 Å². The lowest BCUT2D eigenvalue weighted by Gasteiger charge is -2.11. The number of hydrogen-bond donors (Lipinski definition) is 2. The van der Waals surface area contributed by atoms with Gasteiger partial charge in [0.25, 0.3) is 5.56 Å². The molecular formula is C24H23N7O2. The molecule has 166 valence electrons. The number of rotatable bonds is 7. The van der Waals surface area contributed by atoms with Gasteiger partial charge in [-0.1, -0.05) is 24.3 Å². The zero-order chi connectivity index (χ0) is 23.2. The fraction of sp³-hybridized carbons (Fsp3) is 0.125. The zero-order valence-corrected chi connectivity index (χ0v) is 18.3. The number of nitrogens with one attached hydrogen (secondary N) is 2. The Hall–Kier alpha value is -4.37. The van der Waals surface area contributed by atoms with Crippen LogP contribution in [0.25, 0.3) is 16.9 Å². The number of anilines is 3. The smallest absolute Gasteiger partial charge is 0.275 e. The van der Waals surface area contributed by atoms with Crippen LogP contribution >= 0.6 is 0 Å². The first-order chi connectivity index (χ1) is 16.0. The third-order valence-electron chi connectivity index (χ3n) is 4.66. The van der Waals surface area contributed by atoms with E-state index in [0.717, 1.165) is 5.69 Å². The van der Waals surface area contributed by atoms with Crippen molar-refractivity contribution in [1.29, 1.82) is 0 Å². The average molecular weight is 441 g/mol. The lowest BCUT2D eigenvalue weighted by Crippen LogP contribution is -2.20. The molecule has 0 aliphatic carbocycles. The Morgan fingerprint density at radius 3 is 2.48 bits per heavy atom. The van der Waals surface area contributed by atoms with Crippen molar-refractivity contribution in [3.8, 4) is 5.69 Å². The number of para-hydroxylation sites is 1. The Kier molecular flexibility index (Phi) is 6.51. The molecule has 9 heteroatoms. The second-order valence-electron chi connectivity index (χ2n) is 7.53. The number of aromatic nitrogens is 4. The van der Waals surface area contributed by atoms with Crippen molar-refractivity contribution < 1.29 is 4.79 Å². The van der Waals surface area contributed by atoms with Crippen molar-refractivity contribution in [2.45, 2.75) is 0 Å². The number of carbonyl (C=O) groups is 1. The fourth-order valence-electron chi connectivity index (χ4n) is 3.12. The molecule has 0 saturated carbocycles. The predicted octanol–water partition coefficient (Wildman–Crippen LogP) is 2.98. The van der Waals surface area contributed by atoms with E-state index in [2.05, 4.69) is 25.6 Å². The van der Waals surface area contributed by atoms with Gasteiger partial charge in [-0.05, 0) is 50.5 Å². The van der Waals surface area contributed by atoms with E-state index in [0.29, 0.717) is 35.0 Å². The molecule has 2 N–H and O–H groups in total. The Balaban J connectivity index is 1.61. The molecule has 2 aromatic heterocycles. The van der Waals surface area contributed by atoms with Crippen LogP contribution in [0.1, 0.15) is 0 Å². The Morgan fingerprint density at radius 2 is 1.76 bits per heavy atom. The fourth-order valence-corrected chi connectivity index (χ4v) is 3.12. The molecule has 1 amide bonds. The van der Waals surface area contributed by atoms with Crippen LogP contribution in [0.2, 0.25) is 0 Å². The first-order valence-electron chi connectivity index (χ1n) is 10.3. The summed E-state index contributed by atoms with van der Waals surface area (Å²) in [5.41, 5.74) is 2.57. The number of hydrogen-bond acceptors (Lipinski definition) is 7. The van der Waals surface area contributed by atoms with Crippen molar-refractivity contribution in [1.82, 2.24) is 24.4 Å². The van der Waals surface area contributed by atoms with Gasteiger partial charge >= 0.3 is 0 Å². The highest BCUT2D eigenvalue weighted by atomic mass is 16.1. The van der Waals surface area contributed by atoms with Gasteiger partial charge in [0.2, 0.25) is 11.9 Å². The number of benzene rings is 2. The van der Waals surface area contributed by atoms with E-state index in [1.54, 1.807) is 36.5 Å². The van der Waals surface area contributed by atoms with E-state index in [1.807, 2.05) is 49.3 Å². The molecule has 0 radical (unpaired) electrons. The summed E-state index contributed by atoms with van der Waals surface area (Å²) >= 11 is 0. The van der Waals surface area contributed by atoms with Gasteiger partial charge in [-0.25, -0.2) is 9.97 Å². The molecule has 0 saturated heterocycles. The number of likely N-dealkylation sites (N-methyl/N-ethyl adjacent to an activating group) is 1. The highest BCUT2D eigenvalue weighted by Crippen LogP contribution is 2.18. The Morgan fingerprint density at radius 1 is 1.00 bits per heavy atom. The monoisotopic (exact) mass is 441 g/mol. The molecule has 0 fully saturated rings. The molecular weight excluding hydrogens is 418 g/mol. The van der Waals surface area contributed by atoms with Crippen LogP contribution in [-0.2, 0) is 4.79 Å². The van der Waals surface area contributed by atoms with Crippen LogP contribution in [-0.4, -0.2) is 51.0 Å². The number of carbonyl (C=O) groups excluding carboxylic acids is 1. The van der Waals surface area contributed by atoms with Crippen LogP contribution in [0.4, 0.5) is 17.3 Å². The van der Waals surface area contributed by atoms with Gasteiger partial charge in [-0.15, -0.1) is 0 Å². The number of fused-ring (bicyclic) bond motifs is 1. The number of amides is 1. The molecule has 4 rings (SSSR count). The van der Waals surface area contributed by atoms with Crippen LogP contribution in [0.5, 0.6) is 0 Å². The maximum Gasteiger partial charge on any atom is 0.275 e. The summed E-state index contributed by atoms with van der Waals surface area (Å²) in [4.78, 5) is 39.7. The molecule has 2 heterocycles. The van der Waals surface area contributed by atoms with Crippen molar-refractivity contribution in [2.75, 3.05) is 31.3 Å². The quantitative estimate of drug-likeness (QED) is 0.425. The molecule has 0 spiro atoms. The molecule has 4 aromatic rings. The maximum atomic E-state index is 12.7. The molecule has 9 nitrogen and oxygen atoms in total. The lowest BCUT2D eigenvalue weighted by molar-refractivity contribution is -0.111. The van der Waals surface area contributed by atoms with Gasteiger partial charge in [0.15, 0.2) is 5.65 Å². The van der Waals surface area contributed by atoms with Crippen molar-refractivity contribution in [2.24, 2.45) is 0 Å². The zero-order valence-electron chi connectivity index (χ0n) is 18.3. The second kappa shape index (κ2) is 9.84. The minimum atomic E-state index is -0.324. The van der Waals surface area contributed by atoms with Gasteiger partial charge in [0, 0.05) is 24.0 Å². The molecule has 0 aliphatic rings. The predicted molar refractivity (Wildman–Crippen MR) is 129 cm³/mol. The molecule has 2 aromatic carbocycles. The minimum Gasteiger partial charge on any atom is -0.324 e. The summed E-state index contributed by atoms with van der Waals surface area (Å²) in [6, 6.07) is 16.5.